The van der Waals surface area contributed by atoms with Crippen LogP contribution < -0.4 is 15.4 Å². The molecule has 0 aliphatic carbocycles. The number of hydrogen-bond donors (Lipinski definition) is 1. The quantitative estimate of drug-likeness (QED) is 0.354. The highest BCUT2D eigenvalue weighted by Crippen LogP contribution is 2.31. The summed E-state index contributed by atoms with van der Waals surface area (Å²) in [4.78, 5) is 14.3. The molecule has 1 unspecified atom stereocenters. The molecule has 0 fully saturated rings. The van der Waals surface area contributed by atoms with Crippen LogP contribution in [0.15, 0.2) is 67.3 Å². The van der Waals surface area contributed by atoms with Crippen LogP contribution in [0.2, 0.25) is 5.28 Å². The number of nitrogens with zero attached hydrogens (tertiary/aromatic N) is 5. The fraction of sp³-hybridized carbons (Fsp3) is 0.208. The maximum absolute atomic E-state index is 13.4. The fourth-order valence-corrected chi connectivity index (χ4v) is 3.66. The number of halogens is 2. The van der Waals surface area contributed by atoms with Gasteiger partial charge in [0.2, 0.25) is 5.28 Å². The van der Waals surface area contributed by atoms with E-state index in [-0.39, 0.29) is 17.1 Å². The second-order valence-corrected chi connectivity index (χ2v) is 8.06. The third-order valence-electron chi connectivity index (χ3n) is 5.30. The molecule has 0 radical (unpaired) electrons. The average Bonchev–Trinajstić information content (AvgIpc) is 3.23. The minimum Gasteiger partial charge on any atom is -0.486 e. The van der Waals surface area contributed by atoms with Crippen LogP contribution >= 0.6 is 11.6 Å². The summed E-state index contributed by atoms with van der Waals surface area (Å²) in [5.41, 5.74) is 8.46. The normalized spacial score (nSPS) is 14.7. The number of aryl methyl sites for hydroxylation is 1. The lowest BCUT2D eigenvalue weighted by molar-refractivity contribution is 0.262. The molecule has 0 saturated heterocycles. The van der Waals surface area contributed by atoms with Crippen LogP contribution in [0.3, 0.4) is 0 Å². The molecule has 0 spiro atoms. The summed E-state index contributed by atoms with van der Waals surface area (Å²) >= 11 is 5.85. The van der Waals surface area contributed by atoms with E-state index in [1.807, 2.05) is 32.2 Å². The predicted octanol–water partition coefficient (Wildman–Crippen LogP) is 4.47. The van der Waals surface area contributed by atoms with Gasteiger partial charge < -0.3 is 19.9 Å². The number of nitrogens with two attached hydrogens (primary N) is 1. The first-order valence-corrected chi connectivity index (χ1v) is 10.8. The molecule has 1 atom stereocenters. The Morgan fingerprint density at radius 3 is 2.67 bits per heavy atom. The first-order valence-electron chi connectivity index (χ1n) is 10.4. The van der Waals surface area contributed by atoms with E-state index in [1.165, 1.54) is 11.6 Å². The molecule has 2 N–H and O–H groups in total. The van der Waals surface area contributed by atoms with Crippen molar-refractivity contribution in [2.45, 2.75) is 19.4 Å². The van der Waals surface area contributed by atoms with E-state index < -0.39 is 0 Å². The standard InChI is InChI=1S/C14H14ClN3O.C10H10FN3/c1-18-11(7-10-5-3-2-4-6-10)9-19-12-8-16-14(15)17-13(12)18;1-7-5-14(6-13-7)10-3-2-8(12)4-9(10)11/h2-6,8,11H,7,9H2,1H3;2-6H,12H2,1H3. The Bertz CT molecular complexity index is 1230. The van der Waals surface area contributed by atoms with Crippen LogP contribution in [0.1, 0.15) is 11.3 Å². The number of hydrogen-bond acceptors (Lipinski definition) is 6. The van der Waals surface area contributed by atoms with E-state index in [2.05, 4.69) is 32.0 Å². The minimum atomic E-state index is -0.345. The van der Waals surface area contributed by atoms with Crippen LogP contribution in [0.5, 0.6) is 5.75 Å². The number of fused-ring (bicyclic) bond motifs is 1. The van der Waals surface area contributed by atoms with Gasteiger partial charge in [0.05, 0.1) is 29.9 Å². The molecule has 7 nitrogen and oxygen atoms in total. The zero-order valence-corrected chi connectivity index (χ0v) is 19.1. The van der Waals surface area contributed by atoms with Crippen LogP contribution in [0.25, 0.3) is 5.69 Å². The van der Waals surface area contributed by atoms with Crippen molar-refractivity contribution in [2.24, 2.45) is 0 Å². The monoisotopic (exact) mass is 466 g/mol. The second kappa shape index (κ2) is 9.87. The molecule has 1 aliphatic heterocycles. The minimum absolute atomic E-state index is 0.245. The number of anilines is 2. The maximum Gasteiger partial charge on any atom is 0.224 e. The van der Waals surface area contributed by atoms with Gasteiger partial charge in [-0.25, -0.2) is 14.4 Å². The Kier molecular flexibility index (Phi) is 6.74. The molecule has 1 aliphatic rings. The van der Waals surface area contributed by atoms with Gasteiger partial charge in [-0.3, -0.25) is 0 Å². The smallest absolute Gasteiger partial charge is 0.224 e. The fourth-order valence-electron chi connectivity index (χ4n) is 3.53. The van der Waals surface area contributed by atoms with E-state index in [9.17, 15) is 4.39 Å². The summed E-state index contributed by atoms with van der Waals surface area (Å²) in [6.45, 7) is 2.48. The van der Waals surface area contributed by atoms with Crippen molar-refractivity contribution in [2.75, 3.05) is 24.3 Å². The highest BCUT2D eigenvalue weighted by molar-refractivity contribution is 6.28. The van der Waals surface area contributed by atoms with Crippen molar-refractivity contribution >= 4 is 23.1 Å². The lowest BCUT2D eigenvalue weighted by Gasteiger charge is -2.34. The summed E-state index contributed by atoms with van der Waals surface area (Å²) in [6, 6.07) is 15.2. The van der Waals surface area contributed by atoms with E-state index in [0.717, 1.165) is 17.9 Å². The molecule has 5 rings (SSSR count). The van der Waals surface area contributed by atoms with E-state index in [1.54, 1.807) is 35.4 Å². The van der Waals surface area contributed by atoms with Gasteiger partial charge >= 0.3 is 0 Å². The zero-order chi connectivity index (χ0) is 23.4. The van der Waals surface area contributed by atoms with Crippen molar-refractivity contribution in [1.82, 2.24) is 19.5 Å². The molecule has 0 saturated carbocycles. The lowest BCUT2D eigenvalue weighted by atomic mass is 10.0. The Labute approximate surface area is 196 Å². The van der Waals surface area contributed by atoms with Crippen LogP contribution in [-0.4, -0.2) is 39.2 Å². The molecule has 170 valence electrons. The molecular weight excluding hydrogens is 443 g/mol. The lowest BCUT2D eigenvalue weighted by Crippen LogP contribution is -2.42. The zero-order valence-electron chi connectivity index (χ0n) is 18.3. The molecule has 4 aromatic rings. The van der Waals surface area contributed by atoms with Gasteiger partial charge in [-0.15, -0.1) is 0 Å². The van der Waals surface area contributed by atoms with Crippen LogP contribution in [0, 0.1) is 12.7 Å². The number of imidazole rings is 1. The number of likely N-dealkylation sites (N-methyl/N-ethyl adjacent to an activating group) is 1. The van der Waals surface area contributed by atoms with Gasteiger partial charge in [-0.1, -0.05) is 30.3 Å². The number of nitrogen functional groups attached to an aromatic ring is 1. The van der Waals surface area contributed by atoms with E-state index in [4.69, 9.17) is 22.1 Å². The largest absolute Gasteiger partial charge is 0.486 e. The Morgan fingerprint density at radius 2 is 1.97 bits per heavy atom. The Balaban J connectivity index is 0.000000165. The van der Waals surface area contributed by atoms with Crippen LogP contribution in [-0.2, 0) is 6.42 Å². The van der Waals surface area contributed by atoms with Gasteiger partial charge in [-0.2, -0.15) is 4.98 Å². The topological polar surface area (TPSA) is 82.1 Å². The Hall–Kier alpha value is -3.65. The average molecular weight is 467 g/mol. The first kappa shape index (κ1) is 22.5. The number of aromatic nitrogens is 4. The third kappa shape index (κ3) is 5.40. The molecule has 0 amide bonds. The summed E-state index contributed by atoms with van der Waals surface area (Å²) in [6.07, 6.45) is 5.87. The van der Waals surface area contributed by atoms with Gasteiger partial charge in [-0.05, 0) is 48.7 Å². The molecule has 2 aromatic heterocycles. The summed E-state index contributed by atoms with van der Waals surface area (Å²) < 4.78 is 20.8. The molecule has 3 heterocycles. The number of rotatable bonds is 3. The van der Waals surface area contributed by atoms with Crippen molar-refractivity contribution in [1.29, 1.82) is 0 Å². The second-order valence-electron chi connectivity index (χ2n) is 7.73. The Morgan fingerprint density at radius 1 is 1.18 bits per heavy atom. The maximum atomic E-state index is 13.4. The predicted molar refractivity (Wildman–Crippen MR) is 128 cm³/mol. The molecule has 0 bridgehead atoms. The van der Waals surface area contributed by atoms with Crippen molar-refractivity contribution < 1.29 is 9.13 Å². The number of ether oxygens (including phenoxy) is 1. The van der Waals surface area contributed by atoms with Gasteiger partial charge in [0.25, 0.3) is 0 Å². The summed E-state index contributed by atoms with van der Waals surface area (Å²) in [5.74, 6) is 1.10. The highest BCUT2D eigenvalue weighted by atomic mass is 35.5. The SMILES string of the molecule is CN1c2nc(Cl)ncc2OCC1Cc1ccccc1.Cc1cn(-c2ccc(N)cc2F)cn1. The summed E-state index contributed by atoms with van der Waals surface area (Å²) in [7, 11) is 2.01. The van der Waals surface area contributed by atoms with Crippen molar-refractivity contribution in [3.8, 4) is 11.4 Å². The molecular formula is C24H24ClFN6O. The van der Waals surface area contributed by atoms with Gasteiger partial charge in [0.1, 0.15) is 12.4 Å². The molecule has 33 heavy (non-hydrogen) atoms. The first-order chi connectivity index (χ1) is 15.9. The van der Waals surface area contributed by atoms with Crippen molar-refractivity contribution in [3.05, 3.63) is 89.6 Å². The number of benzene rings is 2. The van der Waals surface area contributed by atoms with Gasteiger partial charge in [0.15, 0.2) is 11.6 Å². The van der Waals surface area contributed by atoms with Crippen LogP contribution in [0.4, 0.5) is 15.9 Å². The van der Waals surface area contributed by atoms with E-state index in [0.29, 0.717) is 23.7 Å². The van der Waals surface area contributed by atoms with Crippen molar-refractivity contribution in [3.63, 3.8) is 0 Å². The molecule has 2 aromatic carbocycles. The molecule has 9 heteroatoms. The van der Waals surface area contributed by atoms with E-state index >= 15 is 0 Å². The highest BCUT2D eigenvalue weighted by Gasteiger charge is 2.26. The van der Waals surface area contributed by atoms with Gasteiger partial charge in [0, 0.05) is 18.9 Å². The summed E-state index contributed by atoms with van der Waals surface area (Å²) in [5, 5.41) is 0.245. The third-order valence-corrected chi connectivity index (χ3v) is 5.48.